The molecule has 0 saturated carbocycles. The van der Waals surface area contributed by atoms with Gasteiger partial charge in [-0.05, 0) is 23.3 Å². The lowest BCUT2D eigenvalue weighted by Crippen LogP contribution is -2.42. The van der Waals surface area contributed by atoms with Gasteiger partial charge in [-0.1, -0.05) is 72.8 Å². The third kappa shape index (κ3) is 6.95. The Kier molecular flexibility index (Phi) is 8.40. The van der Waals surface area contributed by atoms with Crippen LogP contribution in [0.2, 0.25) is 0 Å². The summed E-state index contributed by atoms with van der Waals surface area (Å²) in [5, 5.41) is 5.13. The van der Waals surface area contributed by atoms with Crippen LogP contribution in [0.15, 0.2) is 102 Å². The van der Waals surface area contributed by atoms with E-state index in [0.29, 0.717) is 30.3 Å². The van der Waals surface area contributed by atoms with Crippen molar-refractivity contribution < 1.29 is 9.59 Å². The van der Waals surface area contributed by atoms with E-state index in [2.05, 4.69) is 9.97 Å². The molecule has 0 aliphatic heterocycles. The number of anilines is 1. The van der Waals surface area contributed by atoms with Gasteiger partial charge in [0.15, 0.2) is 5.13 Å². The van der Waals surface area contributed by atoms with Gasteiger partial charge in [-0.3, -0.25) is 9.59 Å². The van der Waals surface area contributed by atoms with Crippen LogP contribution >= 0.6 is 22.7 Å². The van der Waals surface area contributed by atoms with E-state index in [-0.39, 0.29) is 18.4 Å². The van der Waals surface area contributed by atoms with Gasteiger partial charge < -0.3 is 15.5 Å². The molecule has 0 atom stereocenters. The predicted octanol–water partition coefficient (Wildman–Crippen LogP) is 5.72. The minimum Gasteiger partial charge on any atom is -0.375 e. The topological polar surface area (TPSA) is 92.4 Å². The average molecular weight is 554 g/mol. The van der Waals surface area contributed by atoms with Crippen molar-refractivity contribution in [2.45, 2.75) is 19.6 Å². The van der Waals surface area contributed by atoms with E-state index in [1.807, 2.05) is 83.6 Å². The molecule has 5 aromatic rings. The number of nitrogens with two attached hydrogens (primary N) is 1. The highest BCUT2D eigenvalue weighted by molar-refractivity contribution is 7.13. The van der Waals surface area contributed by atoms with Crippen LogP contribution < -0.4 is 5.73 Å². The van der Waals surface area contributed by atoms with Crippen LogP contribution in [0.25, 0.3) is 11.3 Å². The maximum absolute atomic E-state index is 13.7. The lowest BCUT2D eigenvalue weighted by molar-refractivity contribution is -0.133. The predicted molar refractivity (Wildman–Crippen MR) is 156 cm³/mol. The van der Waals surface area contributed by atoms with E-state index in [0.717, 1.165) is 27.4 Å². The molecule has 3 aromatic carbocycles. The third-order valence-corrected chi connectivity index (χ3v) is 7.60. The number of carbonyl (C=O) groups is 2. The zero-order valence-electron chi connectivity index (χ0n) is 21.1. The van der Waals surface area contributed by atoms with Crippen LogP contribution in [0, 0.1) is 0 Å². The maximum atomic E-state index is 13.7. The van der Waals surface area contributed by atoms with E-state index in [1.54, 1.807) is 28.1 Å². The van der Waals surface area contributed by atoms with Gasteiger partial charge in [0.05, 0.1) is 12.2 Å². The third-order valence-electron chi connectivity index (χ3n) is 6.16. The lowest BCUT2D eigenvalue weighted by Gasteiger charge is -2.28. The molecule has 0 aliphatic carbocycles. The molecule has 2 N–H and O–H groups in total. The number of amides is 2. The van der Waals surface area contributed by atoms with Gasteiger partial charge >= 0.3 is 0 Å². The van der Waals surface area contributed by atoms with E-state index in [4.69, 9.17) is 5.73 Å². The highest BCUT2D eigenvalue weighted by atomic mass is 32.1. The molecule has 0 radical (unpaired) electrons. The number of nitrogen functional groups attached to an aromatic ring is 1. The van der Waals surface area contributed by atoms with Crippen molar-refractivity contribution in [2.24, 2.45) is 0 Å². The van der Waals surface area contributed by atoms with E-state index >= 15 is 0 Å². The number of hydrogen-bond acceptors (Lipinski definition) is 7. The van der Waals surface area contributed by atoms with Crippen molar-refractivity contribution in [1.82, 2.24) is 19.8 Å². The Hall–Kier alpha value is -4.34. The highest BCUT2D eigenvalue weighted by Gasteiger charge is 2.24. The van der Waals surface area contributed by atoms with Crippen LogP contribution in [0.4, 0.5) is 5.13 Å². The van der Waals surface area contributed by atoms with Crippen LogP contribution in [-0.2, 0) is 24.4 Å². The maximum Gasteiger partial charge on any atom is 0.254 e. The fourth-order valence-electron chi connectivity index (χ4n) is 4.18. The second-order valence-electron chi connectivity index (χ2n) is 8.96. The molecule has 7 nitrogen and oxygen atoms in total. The molecule has 0 bridgehead atoms. The molecule has 39 heavy (non-hydrogen) atoms. The molecule has 0 spiro atoms. The second kappa shape index (κ2) is 12.5. The number of aromatic nitrogens is 2. The molecule has 9 heteroatoms. The zero-order valence-corrected chi connectivity index (χ0v) is 22.8. The molecule has 0 fully saturated rings. The number of thiazole rings is 2. The van der Waals surface area contributed by atoms with Crippen LogP contribution in [0.3, 0.4) is 0 Å². The second-order valence-corrected chi connectivity index (χ2v) is 10.8. The van der Waals surface area contributed by atoms with Crippen molar-refractivity contribution in [1.29, 1.82) is 0 Å². The van der Waals surface area contributed by atoms with E-state index in [9.17, 15) is 9.59 Å². The number of carbonyl (C=O) groups excluding carboxylic acids is 2. The monoisotopic (exact) mass is 553 g/mol. The first-order valence-electron chi connectivity index (χ1n) is 12.4. The minimum atomic E-state index is -0.217. The quantitative estimate of drug-likeness (QED) is 0.239. The van der Waals surface area contributed by atoms with Crippen molar-refractivity contribution in [3.8, 4) is 11.3 Å². The van der Waals surface area contributed by atoms with Gasteiger partial charge in [0, 0.05) is 41.2 Å². The molecular formula is C30H27N5O2S2. The Morgan fingerprint density at radius 1 is 0.769 bits per heavy atom. The highest BCUT2D eigenvalue weighted by Crippen LogP contribution is 2.24. The summed E-state index contributed by atoms with van der Waals surface area (Å²) in [4.78, 5) is 39.5. The summed E-state index contributed by atoms with van der Waals surface area (Å²) in [7, 11) is 0. The fourth-order valence-corrected chi connectivity index (χ4v) is 5.39. The fraction of sp³-hybridized carbons (Fsp3) is 0.133. The zero-order chi connectivity index (χ0) is 27.0. The normalized spacial score (nSPS) is 10.8. The largest absolute Gasteiger partial charge is 0.375 e. The van der Waals surface area contributed by atoms with Gasteiger partial charge in [-0.15, -0.1) is 22.7 Å². The molecule has 5 rings (SSSR count). The summed E-state index contributed by atoms with van der Waals surface area (Å²) in [5.74, 6) is -0.363. The van der Waals surface area contributed by atoms with E-state index < -0.39 is 0 Å². The summed E-state index contributed by atoms with van der Waals surface area (Å²) in [5.41, 5.74) is 9.89. The Morgan fingerprint density at radius 3 is 1.97 bits per heavy atom. The molecule has 2 amide bonds. The molecule has 0 aliphatic rings. The van der Waals surface area contributed by atoms with Crippen molar-refractivity contribution in [3.63, 3.8) is 0 Å². The Morgan fingerprint density at radius 2 is 1.41 bits per heavy atom. The molecule has 2 heterocycles. The molecular weight excluding hydrogens is 526 g/mol. The van der Waals surface area contributed by atoms with Crippen LogP contribution in [-0.4, -0.2) is 38.1 Å². The average Bonchev–Trinajstić information content (AvgIpc) is 3.65. The first-order valence-corrected chi connectivity index (χ1v) is 14.2. The Bertz CT molecular complexity index is 1500. The van der Waals surface area contributed by atoms with Crippen LogP contribution in [0.5, 0.6) is 0 Å². The first kappa shape index (κ1) is 26.3. The van der Waals surface area contributed by atoms with E-state index in [1.165, 1.54) is 22.7 Å². The number of nitrogens with zero attached hydrogens (tertiary/aromatic N) is 4. The number of rotatable bonds is 10. The summed E-state index contributed by atoms with van der Waals surface area (Å²) in [6.45, 7) is 1.06. The lowest BCUT2D eigenvalue weighted by atomic mass is 10.1. The SMILES string of the molecule is Nc1nc(-c2ccc(C(=O)N(CC(=O)N(Cc3ccccc3)Cc3nccs3)Cc3ccccc3)cc2)cs1. The Labute approximate surface area is 235 Å². The summed E-state index contributed by atoms with van der Waals surface area (Å²) >= 11 is 2.88. The van der Waals surface area contributed by atoms with Crippen molar-refractivity contribution >= 4 is 39.6 Å². The Balaban J connectivity index is 1.38. The number of benzene rings is 3. The smallest absolute Gasteiger partial charge is 0.254 e. The van der Waals surface area contributed by atoms with Crippen molar-refractivity contribution in [3.05, 3.63) is 124 Å². The van der Waals surface area contributed by atoms with Gasteiger partial charge in [-0.2, -0.15) is 0 Å². The molecule has 2 aromatic heterocycles. The van der Waals surface area contributed by atoms with Gasteiger partial charge in [-0.25, -0.2) is 9.97 Å². The minimum absolute atomic E-state index is 0.0592. The standard InChI is InChI=1S/C30H27N5O2S2/c31-30-33-26(21-39-30)24-11-13-25(14-12-24)29(37)35(18-23-9-5-2-6-10-23)20-28(36)34(19-27-32-15-16-38-27)17-22-7-3-1-4-8-22/h1-16,21H,17-20H2,(H2,31,33). The number of hydrogen-bond donors (Lipinski definition) is 1. The molecule has 0 unspecified atom stereocenters. The summed E-state index contributed by atoms with van der Waals surface area (Å²) < 4.78 is 0. The van der Waals surface area contributed by atoms with Gasteiger partial charge in [0.2, 0.25) is 5.91 Å². The van der Waals surface area contributed by atoms with Crippen LogP contribution in [0.1, 0.15) is 26.5 Å². The summed E-state index contributed by atoms with van der Waals surface area (Å²) in [6, 6.07) is 26.8. The van der Waals surface area contributed by atoms with Gasteiger partial charge in [0.25, 0.3) is 5.91 Å². The molecule has 196 valence electrons. The van der Waals surface area contributed by atoms with Gasteiger partial charge in [0.1, 0.15) is 11.6 Å². The molecule has 0 saturated heterocycles. The summed E-state index contributed by atoms with van der Waals surface area (Å²) in [6.07, 6.45) is 1.74. The first-order chi connectivity index (χ1) is 19.0. The van der Waals surface area contributed by atoms with Crippen molar-refractivity contribution in [2.75, 3.05) is 12.3 Å².